The van der Waals surface area contributed by atoms with Crippen molar-refractivity contribution < 1.29 is 0 Å². The van der Waals surface area contributed by atoms with Gasteiger partial charge in [-0.05, 0) is 24.3 Å². The first-order chi connectivity index (χ1) is 11.6. The van der Waals surface area contributed by atoms with Crippen LogP contribution in [0.15, 0.2) is 54.7 Å². The number of para-hydroxylation sites is 1. The lowest BCUT2D eigenvalue weighted by Gasteiger charge is -2.07. The first-order valence-corrected chi connectivity index (χ1v) is 8.83. The molecule has 0 N–H and O–H groups in total. The van der Waals surface area contributed by atoms with E-state index in [0.29, 0.717) is 0 Å². The fourth-order valence-corrected chi connectivity index (χ4v) is 2.70. The largest absolute Gasteiger partial charge is 0.299 e. The van der Waals surface area contributed by atoms with Crippen molar-refractivity contribution in [3.63, 3.8) is 0 Å². The predicted octanol–water partition coefficient (Wildman–Crippen LogP) is 6.64. The van der Waals surface area contributed by atoms with E-state index in [1.165, 1.54) is 21.7 Å². The number of nitrogens with zero attached hydrogens (tertiary/aromatic N) is 2. The van der Waals surface area contributed by atoms with Gasteiger partial charge in [-0.1, -0.05) is 77.1 Å². The summed E-state index contributed by atoms with van der Waals surface area (Å²) in [5, 5.41) is 3.76. The molecular formula is C22H28N2. The van der Waals surface area contributed by atoms with E-state index in [-0.39, 0.29) is 0 Å². The Morgan fingerprint density at radius 1 is 0.792 bits per heavy atom. The first-order valence-electron chi connectivity index (χ1n) is 8.83. The molecule has 0 bridgehead atoms. The van der Waals surface area contributed by atoms with Crippen LogP contribution in [0.1, 0.15) is 40.3 Å². The molecule has 0 atom stereocenters. The van der Waals surface area contributed by atoms with E-state index in [9.17, 15) is 0 Å². The van der Waals surface area contributed by atoms with Crippen LogP contribution in [-0.4, -0.2) is 9.38 Å². The van der Waals surface area contributed by atoms with Gasteiger partial charge in [0.05, 0.1) is 11.2 Å². The minimum atomic E-state index is 0.833. The molecule has 0 aliphatic heterocycles. The van der Waals surface area contributed by atoms with Gasteiger partial charge in [0.1, 0.15) is 5.65 Å². The second-order valence-electron chi connectivity index (χ2n) is 6.37. The van der Waals surface area contributed by atoms with Gasteiger partial charge in [-0.3, -0.25) is 4.40 Å². The summed E-state index contributed by atoms with van der Waals surface area (Å²) in [6.07, 6.45) is 2.10. The normalized spacial score (nSPS) is 10.5. The predicted molar refractivity (Wildman–Crippen MR) is 107 cm³/mol. The summed E-state index contributed by atoms with van der Waals surface area (Å²) in [6.45, 7) is 12.5. The second-order valence-corrected chi connectivity index (χ2v) is 6.37. The van der Waals surface area contributed by atoms with Crippen molar-refractivity contribution in [2.45, 2.75) is 41.5 Å². The van der Waals surface area contributed by atoms with Gasteiger partial charge < -0.3 is 0 Å². The molecule has 24 heavy (non-hydrogen) atoms. The average Bonchev–Trinajstić information content (AvgIpc) is 2.98. The number of hydrogen-bond acceptors (Lipinski definition) is 1. The highest BCUT2D eigenvalue weighted by Crippen LogP contribution is 2.28. The van der Waals surface area contributed by atoms with Crippen molar-refractivity contribution in [2.75, 3.05) is 0 Å². The van der Waals surface area contributed by atoms with Crippen molar-refractivity contribution in [2.24, 2.45) is 5.92 Å². The van der Waals surface area contributed by atoms with Gasteiger partial charge in [0.25, 0.3) is 0 Å². The number of aryl methyl sites for hydroxylation is 1. The third-order valence-corrected chi connectivity index (χ3v) is 3.45. The Hall–Kier alpha value is -2.35. The van der Waals surface area contributed by atoms with Crippen molar-refractivity contribution in [3.05, 3.63) is 60.4 Å². The Labute approximate surface area is 145 Å². The van der Waals surface area contributed by atoms with Crippen molar-refractivity contribution in [3.8, 4) is 0 Å². The van der Waals surface area contributed by atoms with Crippen molar-refractivity contribution in [1.82, 2.24) is 9.38 Å². The summed E-state index contributed by atoms with van der Waals surface area (Å²) in [5.74, 6) is 0.833. The number of benzene rings is 2. The number of imidazole rings is 1. The Morgan fingerprint density at radius 3 is 1.92 bits per heavy atom. The first kappa shape index (κ1) is 18.0. The molecule has 0 radical (unpaired) electrons. The number of aromatic nitrogens is 2. The van der Waals surface area contributed by atoms with Gasteiger partial charge in [0.15, 0.2) is 0 Å². The van der Waals surface area contributed by atoms with Gasteiger partial charge in [0, 0.05) is 17.0 Å². The monoisotopic (exact) mass is 320 g/mol. The molecule has 0 amide bonds. The highest BCUT2D eigenvalue weighted by Gasteiger charge is 2.08. The van der Waals surface area contributed by atoms with Gasteiger partial charge in [-0.15, -0.1) is 0 Å². The SMILES string of the molecule is CC.CC(C)C.Cc1cn2c3ccccc3c3ccccc3c2n1. The molecule has 2 nitrogen and oxygen atoms in total. The number of rotatable bonds is 0. The van der Waals surface area contributed by atoms with E-state index >= 15 is 0 Å². The summed E-state index contributed by atoms with van der Waals surface area (Å²) >= 11 is 0. The topological polar surface area (TPSA) is 17.3 Å². The van der Waals surface area contributed by atoms with Crippen LogP contribution < -0.4 is 0 Å². The van der Waals surface area contributed by atoms with Crippen LogP contribution in [0, 0.1) is 12.8 Å². The minimum absolute atomic E-state index is 0.833. The smallest absolute Gasteiger partial charge is 0.145 e. The lowest BCUT2D eigenvalue weighted by atomic mass is 10.1. The molecule has 0 unspecified atom stereocenters. The molecule has 2 aromatic carbocycles. The molecule has 4 rings (SSSR count). The number of pyridine rings is 1. The van der Waals surface area contributed by atoms with E-state index in [1.54, 1.807) is 0 Å². The molecule has 0 fully saturated rings. The summed E-state index contributed by atoms with van der Waals surface area (Å²) in [6, 6.07) is 17.0. The molecule has 2 aromatic heterocycles. The standard InChI is InChI=1S/C16H12N2.C4H10.C2H6/c1-11-10-18-15-9-5-4-7-13(15)12-6-2-3-8-14(12)16(18)17-11;1-4(2)3;1-2/h2-10H,1H3;4H,1-3H3;1-2H3. The maximum atomic E-state index is 4.65. The average molecular weight is 320 g/mol. The zero-order valence-corrected chi connectivity index (χ0v) is 15.7. The van der Waals surface area contributed by atoms with Crippen LogP contribution >= 0.6 is 0 Å². The Bertz CT molecular complexity index is 857. The lowest BCUT2D eigenvalue weighted by Crippen LogP contribution is -1.89. The Morgan fingerprint density at radius 2 is 1.29 bits per heavy atom. The van der Waals surface area contributed by atoms with Gasteiger partial charge in [-0.25, -0.2) is 4.98 Å². The van der Waals surface area contributed by atoms with Crippen molar-refractivity contribution in [1.29, 1.82) is 0 Å². The van der Waals surface area contributed by atoms with Crippen LogP contribution in [0.5, 0.6) is 0 Å². The van der Waals surface area contributed by atoms with E-state index in [2.05, 4.69) is 84.9 Å². The number of hydrogen-bond donors (Lipinski definition) is 0. The summed E-state index contributed by atoms with van der Waals surface area (Å²) < 4.78 is 2.19. The minimum Gasteiger partial charge on any atom is -0.299 e. The summed E-state index contributed by atoms with van der Waals surface area (Å²) in [7, 11) is 0. The van der Waals surface area contributed by atoms with Crippen LogP contribution in [0.3, 0.4) is 0 Å². The lowest BCUT2D eigenvalue weighted by molar-refractivity contribution is 0.737. The van der Waals surface area contributed by atoms with Gasteiger partial charge >= 0.3 is 0 Å². The van der Waals surface area contributed by atoms with Crippen LogP contribution in [0.25, 0.3) is 27.3 Å². The molecule has 0 saturated heterocycles. The maximum Gasteiger partial charge on any atom is 0.145 e. The Balaban J connectivity index is 0.000000308. The maximum absolute atomic E-state index is 4.65. The van der Waals surface area contributed by atoms with Gasteiger partial charge in [0.2, 0.25) is 0 Å². The summed E-state index contributed by atoms with van der Waals surface area (Å²) in [4.78, 5) is 4.65. The molecule has 0 aliphatic rings. The van der Waals surface area contributed by atoms with E-state index in [4.69, 9.17) is 0 Å². The molecule has 2 heterocycles. The molecule has 2 heteroatoms. The molecule has 0 aliphatic carbocycles. The summed E-state index contributed by atoms with van der Waals surface area (Å²) in [5.41, 5.74) is 3.31. The highest BCUT2D eigenvalue weighted by molar-refractivity contribution is 6.11. The third-order valence-electron chi connectivity index (χ3n) is 3.45. The molecule has 4 aromatic rings. The van der Waals surface area contributed by atoms with E-state index in [1.807, 2.05) is 20.8 Å². The fourth-order valence-electron chi connectivity index (χ4n) is 2.70. The molecule has 0 saturated carbocycles. The van der Waals surface area contributed by atoms with E-state index < -0.39 is 0 Å². The van der Waals surface area contributed by atoms with Gasteiger partial charge in [-0.2, -0.15) is 0 Å². The van der Waals surface area contributed by atoms with E-state index in [0.717, 1.165) is 17.3 Å². The van der Waals surface area contributed by atoms with Crippen LogP contribution in [-0.2, 0) is 0 Å². The van der Waals surface area contributed by atoms with Crippen LogP contribution in [0.2, 0.25) is 0 Å². The molecule has 0 spiro atoms. The molecular weight excluding hydrogens is 292 g/mol. The molecule has 126 valence electrons. The Kier molecular flexibility index (Phi) is 5.97. The van der Waals surface area contributed by atoms with Crippen molar-refractivity contribution >= 4 is 27.3 Å². The van der Waals surface area contributed by atoms with Crippen LogP contribution in [0.4, 0.5) is 0 Å². The fraction of sp³-hybridized carbons (Fsp3) is 0.318. The quantitative estimate of drug-likeness (QED) is 0.332. The highest BCUT2D eigenvalue weighted by atomic mass is 15.0. The zero-order valence-electron chi connectivity index (χ0n) is 15.7. The second kappa shape index (κ2) is 7.96. The zero-order chi connectivity index (χ0) is 17.7. The third kappa shape index (κ3) is 3.59. The number of fused-ring (bicyclic) bond motifs is 6.